The van der Waals surface area contributed by atoms with Gasteiger partial charge in [-0.1, -0.05) is 12.1 Å². The average Bonchev–Trinajstić information content (AvgIpc) is 3.21. The van der Waals surface area contributed by atoms with Crippen LogP contribution in [0.15, 0.2) is 36.5 Å². The Morgan fingerprint density at radius 2 is 2.07 bits per heavy atom. The summed E-state index contributed by atoms with van der Waals surface area (Å²) in [5.41, 5.74) is 1.54. The van der Waals surface area contributed by atoms with Crippen molar-refractivity contribution in [2.45, 2.75) is 25.2 Å². The Hall–Kier alpha value is -2.45. The molecule has 0 unspecified atom stereocenters. The maximum Gasteiger partial charge on any atom is 0.205 e. The summed E-state index contributed by atoms with van der Waals surface area (Å²) in [7, 11) is 1.68. The third-order valence-corrected chi connectivity index (χ3v) is 5.73. The molecule has 1 aromatic carbocycles. The normalized spacial score (nSPS) is 15.1. The van der Waals surface area contributed by atoms with E-state index in [4.69, 9.17) is 9.72 Å². The first-order valence-electron chi connectivity index (χ1n) is 9.38. The molecule has 28 heavy (non-hydrogen) atoms. The number of benzene rings is 1. The van der Waals surface area contributed by atoms with Crippen LogP contribution in [0.5, 0.6) is 0 Å². The summed E-state index contributed by atoms with van der Waals surface area (Å²) in [5, 5.41) is 0.971. The van der Waals surface area contributed by atoms with Crippen LogP contribution in [-0.4, -0.2) is 46.1 Å². The van der Waals surface area contributed by atoms with Gasteiger partial charge in [0.2, 0.25) is 5.13 Å². The predicted molar refractivity (Wildman–Crippen MR) is 107 cm³/mol. The summed E-state index contributed by atoms with van der Waals surface area (Å²) in [4.78, 5) is 16.1. The first-order chi connectivity index (χ1) is 13.7. The minimum absolute atomic E-state index is 0.257. The van der Waals surface area contributed by atoms with Gasteiger partial charge in [0.1, 0.15) is 17.5 Å². The van der Waals surface area contributed by atoms with Gasteiger partial charge < -0.3 is 9.64 Å². The van der Waals surface area contributed by atoms with Crippen molar-refractivity contribution >= 4 is 16.7 Å². The predicted octanol–water partition coefficient (Wildman–Crippen LogP) is 3.71. The van der Waals surface area contributed by atoms with Crippen molar-refractivity contribution in [3.63, 3.8) is 0 Å². The first kappa shape index (κ1) is 18.9. The van der Waals surface area contributed by atoms with E-state index in [0.29, 0.717) is 12.5 Å². The molecule has 6 nitrogen and oxygen atoms in total. The largest absolute Gasteiger partial charge is 0.384 e. The summed E-state index contributed by atoms with van der Waals surface area (Å²) in [6, 6.07) is 8.35. The molecule has 1 saturated heterocycles. The average molecular weight is 399 g/mol. The molecule has 2 aromatic heterocycles. The SMILES string of the molecule is COCCc1nsc(N2CCC(c3nccc(-c4cccc(F)c4)n3)CC2)n1. The molecule has 0 amide bonds. The van der Waals surface area contributed by atoms with Gasteiger partial charge in [0, 0.05) is 55.8 Å². The zero-order valence-corrected chi connectivity index (χ0v) is 16.5. The fraction of sp³-hybridized carbons (Fsp3) is 0.400. The van der Waals surface area contributed by atoms with Gasteiger partial charge in [0.05, 0.1) is 12.3 Å². The Balaban J connectivity index is 1.41. The molecular formula is C20H22FN5OS. The number of rotatable bonds is 6. The van der Waals surface area contributed by atoms with E-state index in [0.717, 1.165) is 60.4 Å². The van der Waals surface area contributed by atoms with Gasteiger partial charge in [-0.2, -0.15) is 4.37 Å². The Kier molecular flexibility index (Phi) is 5.87. The molecule has 1 aliphatic heterocycles. The maximum atomic E-state index is 13.5. The number of halogens is 1. The van der Waals surface area contributed by atoms with Crippen molar-refractivity contribution < 1.29 is 9.13 Å². The minimum atomic E-state index is -0.257. The Bertz CT molecular complexity index is 926. The molecule has 3 heterocycles. The molecule has 0 bridgehead atoms. The summed E-state index contributed by atoms with van der Waals surface area (Å²) in [5.74, 6) is 1.72. The lowest BCUT2D eigenvalue weighted by Crippen LogP contribution is -2.33. The van der Waals surface area contributed by atoms with Crippen LogP contribution in [0.2, 0.25) is 0 Å². The van der Waals surface area contributed by atoms with Gasteiger partial charge >= 0.3 is 0 Å². The Morgan fingerprint density at radius 1 is 1.21 bits per heavy atom. The van der Waals surface area contributed by atoms with Crippen LogP contribution in [0.25, 0.3) is 11.3 Å². The number of ether oxygens (including phenoxy) is 1. The molecule has 3 aromatic rings. The standard InChI is InChI=1S/C20H22FN5OS/c1-27-12-8-18-24-20(28-25-18)26-10-6-14(7-11-26)19-22-9-5-17(23-19)15-3-2-4-16(21)13-15/h2-5,9,13-14H,6-8,10-12H2,1H3. The van der Waals surface area contributed by atoms with E-state index in [1.165, 1.54) is 23.7 Å². The monoisotopic (exact) mass is 399 g/mol. The van der Waals surface area contributed by atoms with Crippen LogP contribution in [0, 0.1) is 5.82 Å². The van der Waals surface area contributed by atoms with Crippen LogP contribution in [0.4, 0.5) is 9.52 Å². The highest BCUT2D eigenvalue weighted by Gasteiger charge is 2.25. The van der Waals surface area contributed by atoms with Crippen LogP contribution in [0.3, 0.4) is 0 Å². The number of nitrogens with zero attached hydrogens (tertiary/aromatic N) is 5. The zero-order valence-electron chi connectivity index (χ0n) is 15.7. The van der Waals surface area contributed by atoms with Crippen LogP contribution < -0.4 is 4.90 Å². The van der Waals surface area contributed by atoms with E-state index in [1.54, 1.807) is 19.4 Å². The fourth-order valence-corrected chi connectivity index (χ4v) is 4.14. The number of anilines is 1. The van der Waals surface area contributed by atoms with Gasteiger partial charge in [-0.15, -0.1) is 0 Å². The van der Waals surface area contributed by atoms with Gasteiger partial charge in [-0.25, -0.2) is 19.3 Å². The third-order valence-electron chi connectivity index (χ3n) is 4.91. The number of hydrogen-bond acceptors (Lipinski definition) is 7. The maximum absolute atomic E-state index is 13.5. The van der Waals surface area contributed by atoms with Crippen LogP contribution in [-0.2, 0) is 11.2 Å². The second kappa shape index (κ2) is 8.70. The van der Waals surface area contributed by atoms with E-state index < -0.39 is 0 Å². The highest BCUT2D eigenvalue weighted by molar-refractivity contribution is 7.09. The highest BCUT2D eigenvalue weighted by atomic mass is 32.1. The second-order valence-corrected chi connectivity index (χ2v) is 7.54. The number of piperidine rings is 1. The molecular weight excluding hydrogens is 377 g/mol. The third kappa shape index (κ3) is 4.34. The fourth-order valence-electron chi connectivity index (χ4n) is 3.38. The molecule has 4 rings (SSSR count). The summed E-state index contributed by atoms with van der Waals surface area (Å²) < 4.78 is 23.0. The lowest BCUT2D eigenvalue weighted by Gasteiger charge is -2.30. The summed E-state index contributed by atoms with van der Waals surface area (Å²) >= 11 is 1.45. The topological polar surface area (TPSA) is 64.0 Å². The van der Waals surface area contributed by atoms with E-state index in [1.807, 2.05) is 12.1 Å². The van der Waals surface area contributed by atoms with Crippen molar-refractivity contribution in [3.8, 4) is 11.3 Å². The van der Waals surface area contributed by atoms with Gasteiger partial charge in [-0.3, -0.25) is 0 Å². The molecule has 0 N–H and O–H groups in total. The van der Waals surface area contributed by atoms with E-state index in [2.05, 4.69) is 19.2 Å². The first-order valence-corrected chi connectivity index (χ1v) is 10.2. The van der Waals surface area contributed by atoms with Crippen molar-refractivity contribution in [2.24, 2.45) is 0 Å². The molecule has 0 spiro atoms. The Morgan fingerprint density at radius 3 is 2.86 bits per heavy atom. The number of methoxy groups -OCH3 is 1. The van der Waals surface area contributed by atoms with Gasteiger partial charge in [-0.05, 0) is 31.0 Å². The molecule has 0 aliphatic carbocycles. The van der Waals surface area contributed by atoms with Crippen LogP contribution in [0.1, 0.15) is 30.4 Å². The highest BCUT2D eigenvalue weighted by Crippen LogP contribution is 2.30. The number of hydrogen-bond donors (Lipinski definition) is 0. The molecule has 0 saturated carbocycles. The molecule has 0 atom stereocenters. The molecule has 0 radical (unpaired) electrons. The quantitative estimate of drug-likeness (QED) is 0.630. The summed E-state index contributed by atoms with van der Waals surface area (Å²) in [6.07, 6.45) is 4.42. The smallest absolute Gasteiger partial charge is 0.205 e. The zero-order chi connectivity index (χ0) is 19.3. The second-order valence-electron chi connectivity index (χ2n) is 6.81. The lowest BCUT2D eigenvalue weighted by atomic mass is 9.96. The van der Waals surface area contributed by atoms with Crippen molar-refractivity contribution in [2.75, 3.05) is 31.7 Å². The number of aromatic nitrogens is 4. The lowest BCUT2D eigenvalue weighted by molar-refractivity contribution is 0.201. The Labute approximate surface area is 167 Å². The van der Waals surface area contributed by atoms with E-state index in [-0.39, 0.29) is 5.82 Å². The molecule has 146 valence electrons. The van der Waals surface area contributed by atoms with Crippen molar-refractivity contribution in [1.29, 1.82) is 0 Å². The molecule has 8 heteroatoms. The molecule has 1 aliphatic rings. The van der Waals surface area contributed by atoms with E-state index >= 15 is 0 Å². The van der Waals surface area contributed by atoms with Crippen molar-refractivity contribution in [1.82, 2.24) is 19.3 Å². The summed E-state index contributed by atoms with van der Waals surface area (Å²) in [6.45, 7) is 2.44. The van der Waals surface area contributed by atoms with Gasteiger partial charge in [0.25, 0.3) is 0 Å². The van der Waals surface area contributed by atoms with Crippen LogP contribution >= 0.6 is 11.5 Å². The minimum Gasteiger partial charge on any atom is -0.384 e. The van der Waals surface area contributed by atoms with Crippen molar-refractivity contribution in [3.05, 3.63) is 54.0 Å². The van der Waals surface area contributed by atoms with Gasteiger partial charge in [0.15, 0.2) is 0 Å². The molecule has 1 fully saturated rings. The van der Waals surface area contributed by atoms with E-state index in [9.17, 15) is 4.39 Å².